The predicted octanol–water partition coefficient (Wildman–Crippen LogP) is 6.70. The molecule has 6 nitrogen and oxygen atoms in total. The average Bonchev–Trinajstić information content (AvgIpc) is 3.26. The molecule has 0 spiro atoms. The van der Waals surface area contributed by atoms with Gasteiger partial charge >= 0.3 is 12.1 Å². The molecule has 5 atom stereocenters. The summed E-state index contributed by atoms with van der Waals surface area (Å²) in [4.78, 5) is 28.3. The Bertz CT molecular complexity index is 1280. The molecule has 11 heteroatoms. The van der Waals surface area contributed by atoms with Crippen molar-refractivity contribution in [2.75, 3.05) is 7.11 Å². The number of aliphatic carboxylic acids is 1. The Morgan fingerprint density at radius 1 is 1.10 bits per heavy atom. The van der Waals surface area contributed by atoms with Crippen molar-refractivity contribution in [3.8, 4) is 5.75 Å². The van der Waals surface area contributed by atoms with Gasteiger partial charge in [-0.1, -0.05) is 51.1 Å². The van der Waals surface area contributed by atoms with Gasteiger partial charge in [-0.2, -0.15) is 13.2 Å². The number of likely N-dealkylation sites (tertiary alicyclic amines) is 1. The third-order valence-corrected chi connectivity index (χ3v) is 8.44. The average molecular weight is 597 g/mol. The molecule has 1 aliphatic carbocycles. The summed E-state index contributed by atoms with van der Waals surface area (Å²) >= 11 is 0. The first-order valence-electron chi connectivity index (χ1n) is 14.0. The molecule has 1 aliphatic heterocycles. The number of nitrogens with zero attached hydrogens (tertiary/aromatic N) is 1. The smallest absolute Gasteiger partial charge is 0.416 e. The number of amides is 1. The number of nitrogens with one attached hydrogen (secondary N) is 1. The molecule has 4 rings (SSSR count). The molecule has 1 saturated heterocycles. The van der Waals surface area contributed by atoms with Crippen molar-refractivity contribution in [3.63, 3.8) is 0 Å². The quantitative estimate of drug-likeness (QED) is 0.348. The van der Waals surface area contributed by atoms with Gasteiger partial charge in [-0.25, -0.2) is 13.6 Å². The molecule has 2 fully saturated rings. The Labute approximate surface area is 242 Å². The van der Waals surface area contributed by atoms with Crippen molar-refractivity contribution in [3.05, 3.63) is 65.2 Å². The van der Waals surface area contributed by atoms with Crippen LogP contribution in [0.4, 0.5) is 22.0 Å². The van der Waals surface area contributed by atoms with E-state index in [0.29, 0.717) is 5.56 Å². The number of halogens is 5. The van der Waals surface area contributed by atoms with Gasteiger partial charge < -0.3 is 20.1 Å². The Kier molecular flexibility index (Phi) is 8.92. The van der Waals surface area contributed by atoms with E-state index in [4.69, 9.17) is 4.74 Å². The summed E-state index contributed by atoms with van der Waals surface area (Å²) in [6.45, 7) is 5.37. The first-order chi connectivity index (χ1) is 19.5. The lowest BCUT2D eigenvalue weighted by molar-refractivity contribution is -0.157. The summed E-state index contributed by atoms with van der Waals surface area (Å²) in [7, 11) is 1.34. The van der Waals surface area contributed by atoms with Gasteiger partial charge in [0.15, 0.2) is 0 Å². The molecule has 0 unspecified atom stereocenters. The van der Waals surface area contributed by atoms with Crippen LogP contribution in [0, 0.1) is 17.3 Å². The highest BCUT2D eigenvalue weighted by Crippen LogP contribution is 2.50. The largest absolute Gasteiger partial charge is 0.496 e. The zero-order valence-corrected chi connectivity index (χ0v) is 24.1. The highest BCUT2D eigenvalue weighted by molar-refractivity contribution is 5.87. The summed E-state index contributed by atoms with van der Waals surface area (Å²) in [5, 5.41) is 13.8. The maximum absolute atomic E-state index is 14.4. The number of carbonyl (C=O) groups excluding carboxylic acids is 1. The lowest BCUT2D eigenvalue weighted by atomic mass is 9.72. The highest BCUT2D eigenvalue weighted by Gasteiger charge is 2.59. The van der Waals surface area contributed by atoms with Gasteiger partial charge in [-0.15, -0.1) is 0 Å². The van der Waals surface area contributed by atoms with E-state index in [2.05, 4.69) is 5.32 Å². The number of benzene rings is 2. The highest BCUT2D eigenvalue weighted by atomic mass is 19.4. The minimum atomic E-state index is -4.59. The first kappa shape index (κ1) is 31.7. The second kappa shape index (κ2) is 11.8. The van der Waals surface area contributed by atoms with E-state index in [-0.39, 0.29) is 37.1 Å². The summed E-state index contributed by atoms with van der Waals surface area (Å²) in [6.07, 6.45) is -5.21. The van der Waals surface area contributed by atoms with Gasteiger partial charge in [0.2, 0.25) is 11.8 Å². The Hall–Kier alpha value is -3.21. The second-order valence-corrected chi connectivity index (χ2v) is 12.4. The Morgan fingerprint density at radius 2 is 1.76 bits per heavy atom. The van der Waals surface area contributed by atoms with Crippen LogP contribution in [0.5, 0.6) is 5.75 Å². The van der Waals surface area contributed by atoms with E-state index < -0.39 is 71.3 Å². The van der Waals surface area contributed by atoms with Crippen molar-refractivity contribution in [2.45, 2.75) is 83.2 Å². The molecule has 1 amide bonds. The molecule has 2 aliphatic rings. The van der Waals surface area contributed by atoms with Crippen molar-refractivity contribution in [1.82, 2.24) is 10.2 Å². The molecule has 0 aromatic heterocycles. The van der Waals surface area contributed by atoms with Crippen LogP contribution >= 0.6 is 0 Å². The maximum atomic E-state index is 14.4. The van der Waals surface area contributed by atoms with Gasteiger partial charge in [0.25, 0.3) is 0 Å². The lowest BCUT2D eigenvalue weighted by Gasteiger charge is -2.37. The fraction of sp³-hybridized carbons (Fsp3) is 0.548. The number of carboxylic acid groups (broad SMARTS) is 1. The van der Waals surface area contributed by atoms with Crippen LogP contribution in [0.2, 0.25) is 0 Å². The first-order valence-corrected chi connectivity index (χ1v) is 14.0. The molecule has 1 saturated carbocycles. The fourth-order valence-corrected chi connectivity index (χ4v) is 6.64. The molecule has 2 aromatic rings. The van der Waals surface area contributed by atoms with E-state index in [1.165, 1.54) is 18.1 Å². The Balaban J connectivity index is 1.82. The zero-order valence-electron chi connectivity index (χ0n) is 24.1. The van der Waals surface area contributed by atoms with E-state index in [0.717, 1.165) is 12.1 Å². The van der Waals surface area contributed by atoms with E-state index >= 15 is 0 Å². The molecule has 1 heterocycles. The molecule has 2 N–H and O–H groups in total. The van der Waals surface area contributed by atoms with Crippen LogP contribution in [0.15, 0.2) is 48.5 Å². The van der Waals surface area contributed by atoms with Crippen LogP contribution in [0.25, 0.3) is 0 Å². The number of rotatable bonds is 7. The monoisotopic (exact) mass is 596 g/mol. The SMILES string of the molecule is COc1ccc(C(F)(F)F)cc1CN[C@H]1[C@H](C(C)(C)C)[C@@H](C(=O)O)N(C(=O)[C@@H]2CCCC(F)(F)C2)[C@H]1c1ccccc1. The van der Waals surface area contributed by atoms with Crippen molar-refractivity contribution in [2.24, 2.45) is 17.3 Å². The van der Waals surface area contributed by atoms with E-state index in [9.17, 15) is 36.6 Å². The van der Waals surface area contributed by atoms with Crippen LogP contribution in [-0.2, 0) is 22.3 Å². The summed E-state index contributed by atoms with van der Waals surface area (Å²) in [5.74, 6) is -6.52. The molecule has 2 aromatic carbocycles. The van der Waals surface area contributed by atoms with Crippen LogP contribution in [0.3, 0.4) is 0 Å². The summed E-state index contributed by atoms with van der Waals surface area (Å²) in [5.41, 5.74) is -0.774. The molecule has 42 heavy (non-hydrogen) atoms. The fourth-order valence-electron chi connectivity index (χ4n) is 6.64. The standard InChI is InChI=1S/C31H37F5N2O4/c1-29(2,3)23-24(37-17-20-15-21(31(34,35)36)12-13-22(20)42-4)25(18-9-6-5-7-10-18)38(26(23)28(40)41)27(39)19-11-8-14-30(32,33)16-19/h5-7,9-10,12-13,15,19,23-26,37H,8,11,14,16-17H2,1-4H3,(H,40,41)/t19-,23+,24+,25+,26+/m1/s1. The minimum Gasteiger partial charge on any atom is -0.496 e. The van der Waals surface area contributed by atoms with Crippen molar-refractivity contribution < 1.29 is 41.4 Å². The number of carboxylic acids is 1. The number of alkyl halides is 5. The maximum Gasteiger partial charge on any atom is 0.416 e. The van der Waals surface area contributed by atoms with Gasteiger partial charge in [0.05, 0.1) is 18.7 Å². The minimum absolute atomic E-state index is 0.121. The number of ether oxygens (including phenoxy) is 1. The topological polar surface area (TPSA) is 78.9 Å². The van der Waals surface area contributed by atoms with Gasteiger partial charge in [0.1, 0.15) is 11.8 Å². The third kappa shape index (κ3) is 6.55. The normalized spacial score (nSPS) is 26.2. The number of hydrogen-bond acceptors (Lipinski definition) is 4. The lowest BCUT2D eigenvalue weighted by Crippen LogP contribution is -2.50. The van der Waals surface area contributed by atoms with E-state index in [1.54, 1.807) is 30.3 Å². The van der Waals surface area contributed by atoms with Crippen molar-refractivity contribution in [1.29, 1.82) is 0 Å². The number of carbonyl (C=O) groups is 2. The van der Waals surface area contributed by atoms with Crippen LogP contribution in [0.1, 0.15) is 69.2 Å². The number of hydrogen-bond donors (Lipinski definition) is 2. The van der Waals surface area contributed by atoms with Crippen LogP contribution in [-0.4, -0.2) is 47.0 Å². The number of methoxy groups -OCH3 is 1. The van der Waals surface area contributed by atoms with Gasteiger partial charge in [-0.3, -0.25) is 4.79 Å². The predicted molar refractivity (Wildman–Crippen MR) is 146 cm³/mol. The second-order valence-electron chi connectivity index (χ2n) is 12.4. The third-order valence-electron chi connectivity index (χ3n) is 8.44. The van der Waals surface area contributed by atoms with Crippen molar-refractivity contribution >= 4 is 11.9 Å². The summed E-state index contributed by atoms with van der Waals surface area (Å²) in [6, 6.07) is 8.85. The van der Waals surface area contributed by atoms with E-state index in [1.807, 2.05) is 20.8 Å². The molecule has 0 radical (unpaired) electrons. The molecule has 230 valence electrons. The van der Waals surface area contributed by atoms with Crippen LogP contribution < -0.4 is 10.1 Å². The zero-order chi connectivity index (χ0) is 31.0. The molecular weight excluding hydrogens is 559 g/mol. The van der Waals surface area contributed by atoms with Gasteiger partial charge in [0, 0.05) is 42.8 Å². The molecular formula is C31H37F5N2O4. The Morgan fingerprint density at radius 3 is 2.31 bits per heavy atom. The summed E-state index contributed by atoms with van der Waals surface area (Å²) < 4.78 is 74.8. The van der Waals surface area contributed by atoms with Gasteiger partial charge in [-0.05, 0) is 42.0 Å². The molecule has 0 bridgehead atoms.